The molecule has 0 amide bonds. The number of nitrogens with zero attached hydrogens (tertiary/aromatic N) is 2. The van der Waals surface area contributed by atoms with Crippen molar-refractivity contribution in [2.24, 2.45) is 5.92 Å². The van der Waals surface area contributed by atoms with Gasteiger partial charge in [0.15, 0.2) is 5.60 Å². The molecule has 0 radical (unpaired) electrons. The van der Waals surface area contributed by atoms with E-state index in [0.29, 0.717) is 48.8 Å². The number of ether oxygens (including phenoxy) is 3. The number of hydrogen-bond donors (Lipinski definition) is 1. The minimum atomic E-state index is -4.48. The number of aromatic nitrogens is 1. The molecule has 1 saturated carbocycles. The highest BCUT2D eigenvalue weighted by Crippen LogP contribution is 2.70. The fourth-order valence-electron chi connectivity index (χ4n) is 6.68. The predicted octanol–water partition coefficient (Wildman–Crippen LogP) is 4.72. The van der Waals surface area contributed by atoms with Crippen LogP contribution in [0.5, 0.6) is 11.5 Å². The van der Waals surface area contributed by atoms with Gasteiger partial charge in [0.25, 0.3) is 0 Å². The summed E-state index contributed by atoms with van der Waals surface area (Å²) in [4.78, 5) is 6.52. The molecular weight excluding hydrogens is 497 g/mol. The number of aliphatic hydroxyl groups is 1. The monoisotopic (exact) mass is 526 g/mol. The molecule has 38 heavy (non-hydrogen) atoms. The van der Waals surface area contributed by atoms with E-state index in [0.717, 1.165) is 30.8 Å². The van der Waals surface area contributed by atoms with Crippen LogP contribution in [0.25, 0.3) is 0 Å². The zero-order valence-electron chi connectivity index (χ0n) is 20.9. The number of rotatable bonds is 5. The number of hydrogen-bond acceptors (Lipinski definition) is 6. The molecule has 200 valence electrons. The topological polar surface area (TPSA) is 64.1 Å². The van der Waals surface area contributed by atoms with Gasteiger partial charge in [0.05, 0.1) is 43.8 Å². The SMILES string of the molecule is COc1cncc2c1C1(O)C(CN3CCOCC3)CC(c3ccccc3)[C@]1(c1ccc(C(F)(F)F)cc1)O2. The maximum absolute atomic E-state index is 13.5. The van der Waals surface area contributed by atoms with Crippen molar-refractivity contribution in [3.8, 4) is 11.5 Å². The molecule has 3 aliphatic rings. The second-order valence-corrected chi connectivity index (χ2v) is 10.2. The third-order valence-electron chi connectivity index (χ3n) is 8.34. The lowest BCUT2D eigenvalue weighted by Gasteiger charge is -2.43. The molecule has 1 N–H and O–H groups in total. The predicted molar refractivity (Wildman–Crippen MR) is 133 cm³/mol. The highest BCUT2D eigenvalue weighted by molar-refractivity contribution is 5.58. The van der Waals surface area contributed by atoms with E-state index < -0.39 is 22.9 Å². The molecule has 4 atom stereocenters. The van der Waals surface area contributed by atoms with Crippen LogP contribution < -0.4 is 9.47 Å². The summed E-state index contributed by atoms with van der Waals surface area (Å²) in [7, 11) is 1.51. The first-order chi connectivity index (χ1) is 18.3. The third kappa shape index (κ3) is 3.71. The summed E-state index contributed by atoms with van der Waals surface area (Å²) in [6, 6.07) is 14.7. The van der Waals surface area contributed by atoms with Crippen molar-refractivity contribution < 1.29 is 32.5 Å². The summed E-state index contributed by atoms with van der Waals surface area (Å²) in [6.45, 7) is 3.25. The highest BCUT2D eigenvalue weighted by Gasteiger charge is 2.73. The van der Waals surface area contributed by atoms with E-state index in [2.05, 4.69) is 9.88 Å². The van der Waals surface area contributed by atoms with Crippen LogP contribution in [-0.2, 0) is 22.1 Å². The Labute approximate surface area is 219 Å². The molecule has 2 aromatic carbocycles. The van der Waals surface area contributed by atoms with Crippen LogP contribution in [0.4, 0.5) is 13.2 Å². The Kier molecular flexibility index (Phi) is 6.13. The minimum absolute atomic E-state index is 0.314. The van der Waals surface area contributed by atoms with Gasteiger partial charge in [-0.25, -0.2) is 0 Å². The van der Waals surface area contributed by atoms with E-state index in [1.54, 1.807) is 12.4 Å². The standard InChI is InChI=1S/C29H29F3N2O4/c1-36-24-16-33-17-25-26(24)27(35)22(18-34-11-13-37-14-12-34)15-23(19-5-3-2-4-6-19)28(27,38-25)20-7-9-21(10-8-20)29(30,31)32/h2-10,16-17,22-23,35H,11-15,18H2,1H3/t22?,23?,27?,28-/m0/s1. The Morgan fingerprint density at radius 1 is 1.05 bits per heavy atom. The summed E-state index contributed by atoms with van der Waals surface area (Å²) in [5, 5.41) is 13.0. The summed E-state index contributed by atoms with van der Waals surface area (Å²) >= 11 is 0. The molecule has 3 unspecified atom stereocenters. The molecule has 2 aliphatic heterocycles. The Morgan fingerprint density at radius 3 is 2.42 bits per heavy atom. The normalized spacial score (nSPS) is 29.0. The van der Waals surface area contributed by atoms with Crippen LogP contribution in [-0.4, -0.2) is 54.9 Å². The van der Waals surface area contributed by atoms with Crippen LogP contribution in [0.3, 0.4) is 0 Å². The summed E-state index contributed by atoms with van der Waals surface area (Å²) < 4.78 is 58.4. The molecular formula is C29H29F3N2O4. The number of halogens is 3. The molecule has 3 heterocycles. The van der Waals surface area contributed by atoms with Crippen LogP contribution >= 0.6 is 0 Å². The van der Waals surface area contributed by atoms with Crippen LogP contribution in [0, 0.1) is 5.92 Å². The van der Waals surface area contributed by atoms with Crippen molar-refractivity contribution in [2.45, 2.75) is 29.7 Å². The molecule has 1 aromatic heterocycles. The lowest BCUT2D eigenvalue weighted by atomic mass is 9.69. The fourth-order valence-corrected chi connectivity index (χ4v) is 6.68. The van der Waals surface area contributed by atoms with Crippen molar-refractivity contribution in [3.63, 3.8) is 0 Å². The van der Waals surface area contributed by atoms with Crippen LogP contribution in [0.15, 0.2) is 67.0 Å². The van der Waals surface area contributed by atoms with E-state index in [1.165, 1.54) is 19.2 Å². The van der Waals surface area contributed by atoms with Gasteiger partial charge >= 0.3 is 6.18 Å². The zero-order valence-corrected chi connectivity index (χ0v) is 20.9. The smallest absolute Gasteiger partial charge is 0.416 e. The quantitative estimate of drug-likeness (QED) is 0.519. The Balaban J connectivity index is 1.57. The lowest BCUT2D eigenvalue weighted by Crippen LogP contribution is -2.53. The molecule has 1 saturated heterocycles. The number of benzene rings is 2. The van der Waals surface area contributed by atoms with Crippen molar-refractivity contribution in [2.75, 3.05) is 40.0 Å². The second kappa shape index (κ2) is 9.25. The van der Waals surface area contributed by atoms with Crippen LogP contribution in [0.1, 0.15) is 34.6 Å². The summed E-state index contributed by atoms with van der Waals surface area (Å²) in [6.07, 6.45) is -0.825. The summed E-state index contributed by atoms with van der Waals surface area (Å²) in [5.41, 5.74) is -1.84. The third-order valence-corrected chi connectivity index (χ3v) is 8.34. The van der Waals surface area contributed by atoms with E-state index in [-0.39, 0.29) is 11.8 Å². The average molecular weight is 527 g/mol. The maximum Gasteiger partial charge on any atom is 0.416 e. The van der Waals surface area contributed by atoms with Crippen molar-refractivity contribution in [1.82, 2.24) is 9.88 Å². The Bertz CT molecular complexity index is 1300. The van der Waals surface area contributed by atoms with E-state index in [9.17, 15) is 18.3 Å². The fraction of sp³-hybridized carbons (Fsp3) is 0.414. The molecule has 1 aliphatic carbocycles. The minimum Gasteiger partial charge on any atom is -0.495 e. The Morgan fingerprint density at radius 2 is 1.76 bits per heavy atom. The highest BCUT2D eigenvalue weighted by atomic mass is 19.4. The Hall–Kier alpha value is -3.14. The number of fused-ring (bicyclic) bond motifs is 3. The average Bonchev–Trinajstić information content (AvgIpc) is 3.35. The van der Waals surface area contributed by atoms with E-state index >= 15 is 0 Å². The maximum atomic E-state index is 13.5. The van der Waals surface area contributed by atoms with Gasteiger partial charge in [0, 0.05) is 31.5 Å². The number of pyridine rings is 1. The van der Waals surface area contributed by atoms with Crippen molar-refractivity contribution in [3.05, 3.63) is 89.2 Å². The second-order valence-electron chi connectivity index (χ2n) is 10.2. The van der Waals surface area contributed by atoms with E-state index in [4.69, 9.17) is 14.2 Å². The molecule has 3 aromatic rings. The first kappa shape index (κ1) is 25.2. The van der Waals surface area contributed by atoms with Gasteiger partial charge in [-0.2, -0.15) is 13.2 Å². The molecule has 6 rings (SSSR count). The first-order valence-corrected chi connectivity index (χ1v) is 12.8. The van der Waals surface area contributed by atoms with Crippen molar-refractivity contribution >= 4 is 0 Å². The number of morpholine rings is 1. The number of alkyl halides is 3. The van der Waals surface area contributed by atoms with Gasteiger partial charge in [-0.05, 0) is 29.7 Å². The lowest BCUT2D eigenvalue weighted by molar-refractivity contribution is -0.138. The zero-order chi connectivity index (χ0) is 26.5. The van der Waals surface area contributed by atoms with Gasteiger partial charge in [0.2, 0.25) is 0 Å². The first-order valence-electron chi connectivity index (χ1n) is 12.8. The van der Waals surface area contributed by atoms with Gasteiger partial charge in [-0.3, -0.25) is 9.88 Å². The molecule has 0 bridgehead atoms. The van der Waals surface area contributed by atoms with Crippen LogP contribution in [0.2, 0.25) is 0 Å². The van der Waals surface area contributed by atoms with E-state index in [1.807, 2.05) is 30.3 Å². The summed E-state index contributed by atoms with van der Waals surface area (Å²) in [5.74, 6) is 0.0954. The van der Waals surface area contributed by atoms with Gasteiger partial charge < -0.3 is 19.3 Å². The van der Waals surface area contributed by atoms with Crippen molar-refractivity contribution in [1.29, 1.82) is 0 Å². The molecule has 9 heteroatoms. The molecule has 2 fully saturated rings. The van der Waals surface area contributed by atoms with Gasteiger partial charge in [-0.15, -0.1) is 0 Å². The number of methoxy groups -OCH3 is 1. The van der Waals surface area contributed by atoms with Gasteiger partial charge in [0.1, 0.15) is 17.1 Å². The molecule has 6 nitrogen and oxygen atoms in total. The largest absolute Gasteiger partial charge is 0.495 e. The molecule has 0 spiro atoms. The van der Waals surface area contributed by atoms with Gasteiger partial charge in [-0.1, -0.05) is 42.5 Å².